The number of nitrogens with zero attached hydrogens (tertiary/aromatic N) is 7. The third kappa shape index (κ3) is 5.96. The van der Waals surface area contributed by atoms with Gasteiger partial charge in [-0.3, -0.25) is 14.2 Å². The molecule has 1 aliphatic rings. The van der Waals surface area contributed by atoms with Crippen molar-refractivity contribution in [3.05, 3.63) is 60.2 Å². The van der Waals surface area contributed by atoms with E-state index in [1.165, 1.54) is 25.9 Å². The summed E-state index contributed by atoms with van der Waals surface area (Å²) in [7, 11) is 2.01. The number of hydrogen-bond donors (Lipinski definition) is 1. The summed E-state index contributed by atoms with van der Waals surface area (Å²) in [6, 6.07) is 9.71. The average Bonchev–Trinajstić information content (AvgIpc) is 3.40. The van der Waals surface area contributed by atoms with E-state index in [1.54, 1.807) is 62.8 Å². The van der Waals surface area contributed by atoms with Gasteiger partial charge < -0.3 is 18.9 Å². The summed E-state index contributed by atoms with van der Waals surface area (Å²) in [4.78, 5) is 15.4. The van der Waals surface area contributed by atoms with E-state index in [-0.39, 0.29) is 17.9 Å². The largest absolute Gasteiger partial charge is 0.494 e. The number of pyridine rings is 1. The Morgan fingerprint density at radius 3 is 2.19 bits per heavy atom. The van der Waals surface area contributed by atoms with Crippen LogP contribution < -0.4 is 18.9 Å². The molecule has 0 aliphatic carbocycles. The van der Waals surface area contributed by atoms with E-state index < -0.39 is 21.3 Å². The minimum atomic E-state index is -4.13. The van der Waals surface area contributed by atoms with Gasteiger partial charge in [0.15, 0.2) is 5.82 Å². The predicted molar refractivity (Wildman–Crippen MR) is 158 cm³/mol. The van der Waals surface area contributed by atoms with Crippen LogP contribution in [0.2, 0.25) is 0 Å². The van der Waals surface area contributed by atoms with Crippen molar-refractivity contribution in [1.29, 1.82) is 0 Å². The van der Waals surface area contributed by atoms with Crippen LogP contribution in [-0.2, 0) is 14.8 Å². The lowest BCUT2D eigenvalue weighted by Gasteiger charge is -2.44. The Morgan fingerprint density at radius 2 is 1.58 bits per heavy atom. The van der Waals surface area contributed by atoms with Gasteiger partial charge >= 0.3 is 0 Å². The molecule has 1 aliphatic heterocycles. The number of rotatable bonds is 12. The summed E-state index contributed by atoms with van der Waals surface area (Å²) in [5.74, 6) is 1.68. The minimum Gasteiger partial charge on any atom is -0.494 e. The molecule has 1 saturated heterocycles. The zero-order valence-corrected chi connectivity index (χ0v) is 25.6. The molecule has 14 nitrogen and oxygen atoms in total. The first-order valence-corrected chi connectivity index (χ1v) is 15.0. The molecule has 1 aromatic carbocycles. The van der Waals surface area contributed by atoms with Crippen molar-refractivity contribution in [2.45, 2.75) is 31.2 Å². The molecule has 5 rings (SSSR count). The van der Waals surface area contributed by atoms with Gasteiger partial charge in [0, 0.05) is 38.7 Å². The van der Waals surface area contributed by atoms with E-state index in [1.807, 2.05) is 11.8 Å². The number of ether oxygens (including phenoxy) is 4. The Labute approximate surface area is 250 Å². The maximum absolute atomic E-state index is 14.1. The van der Waals surface area contributed by atoms with Gasteiger partial charge in [-0.15, -0.1) is 10.2 Å². The van der Waals surface area contributed by atoms with Crippen LogP contribution in [0.25, 0.3) is 17.2 Å². The number of anilines is 1. The van der Waals surface area contributed by atoms with Crippen LogP contribution in [0.15, 0.2) is 48.8 Å². The number of para-hydroxylation sites is 1. The van der Waals surface area contributed by atoms with Crippen LogP contribution in [-0.4, -0.2) is 95.9 Å². The smallest absolute Gasteiger partial charge is 0.243 e. The number of aryl methyl sites for hydroxylation is 1. The second-order valence-corrected chi connectivity index (χ2v) is 12.0. The number of benzene rings is 1. The lowest BCUT2D eigenvalue weighted by atomic mass is 10.0. The predicted octanol–water partition coefficient (Wildman–Crippen LogP) is 2.66. The van der Waals surface area contributed by atoms with Gasteiger partial charge in [0.25, 0.3) is 0 Å². The topological polar surface area (TPSA) is 156 Å². The molecule has 0 unspecified atom stereocenters. The van der Waals surface area contributed by atoms with E-state index >= 15 is 0 Å². The molecule has 0 saturated carbocycles. The average molecular weight is 611 g/mol. The van der Waals surface area contributed by atoms with Crippen LogP contribution in [0.1, 0.15) is 24.4 Å². The minimum absolute atomic E-state index is 0.00478. The Bertz CT molecular complexity index is 1650. The van der Waals surface area contributed by atoms with Gasteiger partial charge in [-0.25, -0.2) is 23.4 Å². The van der Waals surface area contributed by atoms with Crippen LogP contribution in [0.4, 0.5) is 5.95 Å². The molecule has 2 atom stereocenters. The molecule has 0 radical (unpaired) electrons. The molecular formula is C28H34N8O6S. The number of sulfonamides is 1. The van der Waals surface area contributed by atoms with E-state index in [0.29, 0.717) is 47.7 Å². The van der Waals surface area contributed by atoms with E-state index in [2.05, 4.69) is 29.9 Å². The zero-order valence-electron chi connectivity index (χ0n) is 24.8. The van der Waals surface area contributed by atoms with Gasteiger partial charge in [0.1, 0.15) is 34.0 Å². The summed E-state index contributed by atoms with van der Waals surface area (Å²) < 4.78 is 54.4. The van der Waals surface area contributed by atoms with Crippen molar-refractivity contribution in [2.24, 2.45) is 0 Å². The van der Waals surface area contributed by atoms with E-state index in [9.17, 15) is 8.42 Å². The fourth-order valence-corrected chi connectivity index (χ4v) is 6.10. The van der Waals surface area contributed by atoms with Gasteiger partial charge in [0.2, 0.25) is 21.9 Å². The number of methoxy groups -OCH3 is 4. The highest BCUT2D eigenvalue weighted by atomic mass is 32.2. The summed E-state index contributed by atoms with van der Waals surface area (Å²) in [6.45, 7) is 4.57. The Kier molecular flexibility index (Phi) is 8.75. The zero-order chi connectivity index (χ0) is 30.7. The second-order valence-electron chi connectivity index (χ2n) is 9.99. The lowest BCUT2D eigenvalue weighted by Crippen LogP contribution is -2.56. The van der Waals surface area contributed by atoms with Crippen molar-refractivity contribution in [3.63, 3.8) is 0 Å². The quantitative estimate of drug-likeness (QED) is 0.251. The Hall–Kier alpha value is -4.34. The highest BCUT2D eigenvalue weighted by molar-refractivity contribution is 7.93. The molecule has 43 heavy (non-hydrogen) atoms. The first-order chi connectivity index (χ1) is 20.7. The number of aromatic nitrogens is 6. The van der Waals surface area contributed by atoms with Crippen molar-refractivity contribution < 1.29 is 27.4 Å². The van der Waals surface area contributed by atoms with Gasteiger partial charge in [-0.1, -0.05) is 12.1 Å². The summed E-state index contributed by atoms with van der Waals surface area (Å²) in [6.07, 6.45) is 3.34. The molecule has 4 aromatic rings. The molecule has 1 N–H and O–H groups in total. The molecule has 3 aromatic heterocycles. The van der Waals surface area contributed by atoms with Crippen molar-refractivity contribution in [2.75, 3.05) is 46.3 Å². The molecular weight excluding hydrogens is 576 g/mol. The number of likely N-dealkylation sites (tertiary alicyclic amines) is 1. The third-order valence-corrected chi connectivity index (χ3v) is 8.99. The monoisotopic (exact) mass is 610 g/mol. The molecule has 228 valence electrons. The van der Waals surface area contributed by atoms with E-state index in [0.717, 1.165) is 5.56 Å². The maximum atomic E-state index is 14.1. The number of hydrogen-bond acceptors (Lipinski definition) is 12. The van der Waals surface area contributed by atoms with Crippen LogP contribution >= 0.6 is 0 Å². The summed E-state index contributed by atoms with van der Waals surface area (Å²) >= 11 is 0. The highest BCUT2D eigenvalue weighted by Gasteiger charge is 2.43. The lowest BCUT2D eigenvalue weighted by molar-refractivity contribution is -0.0530. The molecule has 4 heterocycles. The molecule has 0 amide bonds. The van der Waals surface area contributed by atoms with Crippen LogP contribution in [0.3, 0.4) is 0 Å². The van der Waals surface area contributed by atoms with E-state index in [4.69, 9.17) is 18.9 Å². The van der Waals surface area contributed by atoms with Gasteiger partial charge in [-0.05, 0) is 37.6 Å². The van der Waals surface area contributed by atoms with Gasteiger partial charge in [-0.2, -0.15) is 0 Å². The Morgan fingerprint density at radius 1 is 0.930 bits per heavy atom. The fraction of sp³-hybridized carbons (Fsp3) is 0.393. The first-order valence-electron chi connectivity index (χ1n) is 13.5. The molecule has 15 heteroatoms. The second kappa shape index (κ2) is 12.5. The van der Waals surface area contributed by atoms with Crippen LogP contribution in [0.5, 0.6) is 17.4 Å². The first kappa shape index (κ1) is 30.1. The fourth-order valence-electron chi connectivity index (χ4n) is 4.89. The van der Waals surface area contributed by atoms with Gasteiger partial charge in [0.05, 0.1) is 33.5 Å². The van der Waals surface area contributed by atoms with Crippen molar-refractivity contribution in [1.82, 2.24) is 34.6 Å². The summed E-state index contributed by atoms with van der Waals surface area (Å²) in [5, 5.41) is 7.59. The standard InChI is InChI=1S/C28H34N8O6S/c1-17-13-29-26(30-14-17)24(35-15-19(16-35)39-3)18(2)43(37,38)34-28-33-32-27(20-9-7-12-23(31-20)42-6)36(28)25-21(40-4)10-8-11-22(25)41-5/h7-14,18-19,24H,15-16H2,1-6H3,(H,33,34)/t18-,24+/m1/s1. The number of nitrogens with one attached hydrogen (secondary N) is 1. The van der Waals surface area contributed by atoms with Crippen molar-refractivity contribution in [3.8, 4) is 34.6 Å². The summed E-state index contributed by atoms with van der Waals surface area (Å²) in [5.41, 5.74) is 1.63. The maximum Gasteiger partial charge on any atom is 0.243 e. The highest BCUT2D eigenvalue weighted by Crippen LogP contribution is 2.38. The normalized spacial score (nSPS) is 15.4. The SMILES string of the molecule is COc1cccc(-c2nnc(NS(=O)(=O)[C@H](C)[C@@H](c3ncc(C)cn3)N3CC(OC)C3)n2-c2c(OC)cccc2OC)n1. The molecule has 1 fully saturated rings. The Balaban J connectivity index is 1.60. The molecule has 0 spiro atoms. The van der Waals surface area contributed by atoms with Crippen molar-refractivity contribution >= 4 is 16.0 Å². The molecule has 0 bridgehead atoms. The third-order valence-electron chi connectivity index (χ3n) is 7.29. The van der Waals surface area contributed by atoms with Crippen LogP contribution in [0, 0.1) is 6.92 Å².